The number of amides is 1. The number of carbonyl (C=O) groups is 1. The minimum atomic E-state index is -0.103. The van der Waals surface area contributed by atoms with Crippen molar-refractivity contribution in [2.75, 3.05) is 6.54 Å². The molecule has 2 aromatic carbocycles. The largest absolute Gasteiger partial charge is 0.425 e. The number of ether oxygens (including phenoxy) is 1. The Morgan fingerprint density at radius 1 is 1.17 bits per heavy atom. The first-order valence-corrected chi connectivity index (χ1v) is 8.38. The first-order chi connectivity index (χ1) is 11.2. The highest BCUT2D eigenvalue weighted by Crippen LogP contribution is 2.38. The average molecular weight is 323 g/mol. The van der Waals surface area contributed by atoms with Gasteiger partial charge in [-0.3, -0.25) is 9.69 Å². The lowest BCUT2D eigenvalue weighted by molar-refractivity contribution is -0.122. The third-order valence-corrected chi connectivity index (χ3v) is 4.91. The maximum Gasteiger partial charge on any atom is 0.297 e. The molecule has 1 fully saturated rings. The second-order valence-corrected chi connectivity index (χ2v) is 6.28. The molecule has 0 spiro atoms. The van der Waals surface area contributed by atoms with Crippen molar-refractivity contribution < 1.29 is 9.53 Å². The number of rotatable bonds is 1. The Morgan fingerprint density at radius 3 is 2.61 bits per heavy atom. The fourth-order valence-electron chi connectivity index (χ4n) is 3.46. The Labute approximate surface area is 140 Å². The third kappa shape index (κ3) is 2.25. The van der Waals surface area contributed by atoms with Gasteiger partial charge in [0.05, 0.1) is 0 Å². The molecule has 0 atom stereocenters. The summed E-state index contributed by atoms with van der Waals surface area (Å²) in [5.41, 5.74) is 3.43. The van der Waals surface area contributed by atoms with Gasteiger partial charge in [-0.25, -0.2) is 0 Å². The molecular formula is C19H17NO2S. The lowest BCUT2D eigenvalue weighted by atomic mass is 9.85. The van der Waals surface area contributed by atoms with E-state index in [-0.39, 0.29) is 11.1 Å². The zero-order chi connectivity index (χ0) is 16.0. The minimum absolute atomic E-state index is 0.103. The Bertz CT molecular complexity index is 869. The number of benzene rings is 2. The Hall–Kier alpha value is -2.20. The molecule has 0 unspecified atom stereocenters. The molecule has 1 aliphatic heterocycles. The van der Waals surface area contributed by atoms with Gasteiger partial charge in [-0.1, -0.05) is 30.3 Å². The summed E-state index contributed by atoms with van der Waals surface area (Å²) < 4.78 is 5.67. The van der Waals surface area contributed by atoms with Crippen LogP contribution in [0.2, 0.25) is 0 Å². The van der Waals surface area contributed by atoms with Crippen LogP contribution >= 0.6 is 12.2 Å². The van der Waals surface area contributed by atoms with Gasteiger partial charge >= 0.3 is 0 Å². The molecule has 1 amide bonds. The number of carbonyl (C=O) groups excluding carboxylic acids is 1. The van der Waals surface area contributed by atoms with Gasteiger partial charge in [0, 0.05) is 12.1 Å². The molecule has 0 aromatic heterocycles. The topological polar surface area (TPSA) is 29.5 Å². The normalized spacial score (nSPS) is 20.8. The Morgan fingerprint density at radius 2 is 1.91 bits per heavy atom. The van der Waals surface area contributed by atoms with Crippen LogP contribution in [0.15, 0.2) is 42.2 Å². The smallest absolute Gasteiger partial charge is 0.297 e. The molecule has 1 heterocycles. The van der Waals surface area contributed by atoms with E-state index in [1.807, 2.05) is 13.0 Å². The van der Waals surface area contributed by atoms with Crippen molar-refractivity contribution in [3.8, 4) is 0 Å². The molecule has 4 rings (SSSR count). The van der Waals surface area contributed by atoms with E-state index in [0.29, 0.717) is 12.3 Å². The SMILES string of the molecule is CCN1C(=O)/C(=C2/CCCc3cc4ccccc4cc32)OC1=S. The number of likely N-dealkylation sites (N-methyl/N-ethyl adjacent to an activating group) is 1. The van der Waals surface area contributed by atoms with Crippen molar-refractivity contribution in [3.63, 3.8) is 0 Å². The molecule has 2 aromatic rings. The van der Waals surface area contributed by atoms with E-state index in [4.69, 9.17) is 17.0 Å². The van der Waals surface area contributed by atoms with Crippen molar-refractivity contribution in [3.05, 3.63) is 53.3 Å². The number of aryl methyl sites for hydroxylation is 1. The second kappa shape index (κ2) is 5.46. The lowest BCUT2D eigenvalue weighted by Gasteiger charge is -2.20. The maximum absolute atomic E-state index is 12.6. The van der Waals surface area contributed by atoms with Crippen molar-refractivity contribution in [1.29, 1.82) is 0 Å². The summed E-state index contributed by atoms with van der Waals surface area (Å²) in [4.78, 5) is 14.1. The van der Waals surface area contributed by atoms with E-state index in [1.54, 1.807) is 0 Å². The summed E-state index contributed by atoms with van der Waals surface area (Å²) in [7, 11) is 0. The number of thiocarbonyl (C=S) groups is 1. The Balaban J connectivity index is 1.91. The molecule has 1 aliphatic carbocycles. The fourth-order valence-corrected chi connectivity index (χ4v) is 3.75. The minimum Gasteiger partial charge on any atom is -0.425 e. The van der Waals surface area contributed by atoms with Gasteiger partial charge in [-0.05, 0) is 66.4 Å². The molecule has 3 nitrogen and oxygen atoms in total. The summed E-state index contributed by atoms with van der Waals surface area (Å²) >= 11 is 5.19. The maximum atomic E-state index is 12.6. The first kappa shape index (κ1) is 14.4. The van der Waals surface area contributed by atoms with E-state index >= 15 is 0 Å². The van der Waals surface area contributed by atoms with Crippen LogP contribution in [0.25, 0.3) is 16.3 Å². The van der Waals surface area contributed by atoms with E-state index in [1.165, 1.54) is 21.2 Å². The molecule has 4 heteroatoms. The highest BCUT2D eigenvalue weighted by Gasteiger charge is 2.36. The lowest BCUT2D eigenvalue weighted by Crippen LogP contribution is -2.28. The predicted molar refractivity (Wildman–Crippen MR) is 94.9 cm³/mol. The van der Waals surface area contributed by atoms with Gasteiger partial charge in [-0.15, -0.1) is 0 Å². The molecule has 0 bridgehead atoms. The molecule has 1 saturated heterocycles. The zero-order valence-corrected chi connectivity index (χ0v) is 13.8. The molecule has 116 valence electrons. The highest BCUT2D eigenvalue weighted by atomic mass is 32.1. The molecule has 2 aliphatic rings. The van der Waals surface area contributed by atoms with Gasteiger partial charge in [0.2, 0.25) is 0 Å². The van der Waals surface area contributed by atoms with Gasteiger partial charge in [-0.2, -0.15) is 0 Å². The number of hydrogen-bond donors (Lipinski definition) is 0. The van der Waals surface area contributed by atoms with Crippen molar-refractivity contribution in [1.82, 2.24) is 4.90 Å². The summed E-state index contributed by atoms with van der Waals surface area (Å²) in [5.74, 6) is 0.321. The second-order valence-electron chi connectivity index (χ2n) is 5.94. The average Bonchev–Trinajstić information content (AvgIpc) is 2.86. The van der Waals surface area contributed by atoms with Crippen molar-refractivity contribution >= 4 is 39.6 Å². The predicted octanol–water partition coefficient (Wildman–Crippen LogP) is 4.05. The van der Waals surface area contributed by atoms with Crippen LogP contribution < -0.4 is 0 Å². The summed E-state index contributed by atoms with van der Waals surface area (Å²) in [6.07, 6.45) is 2.92. The summed E-state index contributed by atoms with van der Waals surface area (Å²) in [5, 5.41) is 2.70. The fraction of sp³-hybridized carbons (Fsp3) is 0.263. The van der Waals surface area contributed by atoms with Crippen molar-refractivity contribution in [2.45, 2.75) is 26.2 Å². The van der Waals surface area contributed by atoms with Crippen LogP contribution in [-0.4, -0.2) is 22.5 Å². The van der Waals surface area contributed by atoms with Crippen LogP contribution in [-0.2, 0) is 16.0 Å². The van der Waals surface area contributed by atoms with Crippen LogP contribution in [0.5, 0.6) is 0 Å². The molecule has 23 heavy (non-hydrogen) atoms. The van der Waals surface area contributed by atoms with Gasteiger partial charge in [0.25, 0.3) is 11.1 Å². The number of allylic oxidation sites excluding steroid dienone is 1. The van der Waals surface area contributed by atoms with E-state index in [2.05, 4.69) is 30.3 Å². The molecular weight excluding hydrogens is 306 g/mol. The summed E-state index contributed by atoms with van der Waals surface area (Å²) in [6, 6.07) is 12.7. The third-order valence-electron chi connectivity index (χ3n) is 4.61. The van der Waals surface area contributed by atoms with Crippen LogP contribution in [0.3, 0.4) is 0 Å². The molecule has 0 radical (unpaired) electrons. The van der Waals surface area contributed by atoms with Crippen LogP contribution in [0, 0.1) is 0 Å². The summed E-state index contributed by atoms with van der Waals surface area (Å²) in [6.45, 7) is 2.45. The van der Waals surface area contributed by atoms with Gasteiger partial charge in [0.15, 0.2) is 5.76 Å². The zero-order valence-electron chi connectivity index (χ0n) is 13.0. The standard InChI is InChI=1S/C19H17NO2S/c1-2-20-18(21)17(22-19(20)23)15-9-5-8-14-10-12-6-3-4-7-13(12)11-16(14)15/h3-4,6-7,10-11H,2,5,8-9H2,1H3/b17-15+. The number of hydrogen-bond acceptors (Lipinski definition) is 3. The van der Waals surface area contributed by atoms with E-state index < -0.39 is 0 Å². The van der Waals surface area contributed by atoms with E-state index in [0.717, 1.165) is 30.4 Å². The van der Waals surface area contributed by atoms with E-state index in [9.17, 15) is 4.79 Å². The van der Waals surface area contributed by atoms with Crippen LogP contribution in [0.1, 0.15) is 30.9 Å². The number of fused-ring (bicyclic) bond motifs is 2. The highest BCUT2D eigenvalue weighted by molar-refractivity contribution is 7.80. The molecule has 0 N–H and O–H groups in total. The Kier molecular flexibility index (Phi) is 3.42. The number of nitrogens with zero attached hydrogens (tertiary/aromatic N) is 1. The van der Waals surface area contributed by atoms with Gasteiger partial charge < -0.3 is 4.74 Å². The monoisotopic (exact) mass is 323 g/mol. The van der Waals surface area contributed by atoms with Crippen LogP contribution in [0.4, 0.5) is 0 Å². The van der Waals surface area contributed by atoms with Gasteiger partial charge in [0.1, 0.15) is 0 Å². The van der Waals surface area contributed by atoms with Crippen molar-refractivity contribution in [2.24, 2.45) is 0 Å². The molecule has 0 saturated carbocycles. The first-order valence-electron chi connectivity index (χ1n) is 7.98. The quantitative estimate of drug-likeness (QED) is 0.586.